The van der Waals surface area contributed by atoms with Crippen molar-refractivity contribution in [3.05, 3.63) is 69.8 Å². The zero-order chi connectivity index (χ0) is 19.7. The van der Waals surface area contributed by atoms with Crippen molar-refractivity contribution >= 4 is 22.7 Å². The highest BCUT2D eigenvalue weighted by atomic mass is 16.4. The van der Waals surface area contributed by atoms with E-state index in [0.717, 1.165) is 47.0 Å². The number of hydrogen-bond acceptors (Lipinski definition) is 4. The fraction of sp³-hybridized carbons (Fsp3) is 0.318. The third kappa shape index (κ3) is 3.50. The van der Waals surface area contributed by atoms with E-state index in [1.807, 2.05) is 43.1 Å². The maximum atomic E-state index is 13.1. The van der Waals surface area contributed by atoms with Crippen LogP contribution in [0.1, 0.15) is 42.0 Å². The van der Waals surface area contributed by atoms with Gasteiger partial charge in [0, 0.05) is 36.1 Å². The van der Waals surface area contributed by atoms with Crippen LogP contribution in [-0.4, -0.2) is 22.5 Å². The fourth-order valence-corrected chi connectivity index (χ4v) is 3.88. The van der Waals surface area contributed by atoms with Crippen molar-refractivity contribution < 1.29 is 9.21 Å². The van der Waals surface area contributed by atoms with Gasteiger partial charge < -0.3 is 14.6 Å². The molecular formula is C22H23N3O3. The molecule has 1 aliphatic heterocycles. The number of carbonyl (C=O) groups excluding carboxylic acids is 1. The zero-order valence-corrected chi connectivity index (χ0v) is 16.1. The summed E-state index contributed by atoms with van der Waals surface area (Å²) in [5.41, 5.74) is 3.63. The van der Waals surface area contributed by atoms with Gasteiger partial charge in [0.2, 0.25) is 0 Å². The highest BCUT2D eigenvalue weighted by Crippen LogP contribution is 2.32. The molecule has 1 saturated heterocycles. The van der Waals surface area contributed by atoms with Gasteiger partial charge in [-0.05, 0) is 68.0 Å². The first-order valence-corrected chi connectivity index (χ1v) is 9.55. The van der Waals surface area contributed by atoms with E-state index in [-0.39, 0.29) is 17.7 Å². The first kappa shape index (κ1) is 18.2. The summed E-state index contributed by atoms with van der Waals surface area (Å²) in [6.07, 6.45) is 6.60. The van der Waals surface area contributed by atoms with E-state index in [4.69, 9.17) is 4.42 Å². The van der Waals surface area contributed by atoms with Gasteiger partial charge in [-0.2, -0.15) is 0 Å². The average molecular weight is 377 g/mol. The van der Waals surface area contributed by atoms with E-state index in [0.29, 0.717) is 12.1 Å². The molecule has 2 aromatic heterocycles. The lowest BCUT2D eigenvalue weighted by Gasteiger charge is -2.36. The van der Waals surface area contributed by atoms with Crippen molar-refractivity contribution in [3.63, 3.8) is 0 Å². The van der Waals surface area contributed by atoms with Crippen LogP contribution in [0.15, 0.2) is 51.9 Å². The second-order valence-corrected chi connectivity index (χ2v) is 7.33. The number of urea groups is 1. The molecule has 1 atom stereocenters. The van der Waals surface area contributed by atoms with Crippen LogP contribution < -0.4 is 10.9 Å². The van der Waals surface area contributed by atoms with Gasteiger partial charge in [0.15, 0.2) is 0 Å². The van der Waals surface area contributed by atoms with Gasteiger partial charge >= 0.3 is 11.7 Å². The Balaban J connectivity index is 1.63. The Bertz CT molecular complexity index is 1080. The summed E-state index contributed by atoms with van der Waals surface area (Å²) >= 11 is 0. The Morgan fingerprint density at radius 1 is 1.21 bits per heavy atom. The monoisotopic (exact) mass is 377 g/mol. The summed E-state index contributed by atoms with van der Waals surface area (Å²) in [7, 11) is 0. The molecule has 1 aromatic carbocycles. The van der Waals surface area contributed by atoms with Crippen LogP contribution in [0.25, 0.3) is 11.0 Å². The Kier molecular flexibility index (Phi) is 4.86. The van der Waals surface area contributed by atoms with Gasteiger partial charge in [0.25, 0.3) is 0 Å². The fourth-order valence-electron chi connectivity index (χ4n) is 3.88. The van der Waals surface area contributed by atoms with Crippen molar-refractivity contribution in [2.24, 2.45) is 0 Å². The number of aromatic nitrogens is 1. The van der Waals surface area contributed by atoms with E-state index in [1.54, 1.807) is 12.3 Å². The Morgan fingerprint density at radius 3 is 2.86 bits per heavy atom. The van der Waals surface area contributed by atoms with Crippen molar-refractivity contribution in [1.29, 1.82) is 0 Å². The lowest BCUT2D eigenvalue weighted by atomic mass is 9.97. The molecule has 6 nitrogen and oxygen atoms in total. The van der Waals surface area contributed by atoms with Gasteiger partial charge in [-0.25, -0.2) is 9.59 Å². The van der Waals surface area contributed by atoms with Gasteiger partial charge in [0.05, 0.1) is 6.04 Å². The third-order valence-corrected chi connectivity index (χ3v) is 5.37. The predicted molar refractivity (Wildman–Crippen MR) is 109 cm³/mol. The number of benzene rings is 1. The molecule has 1 aliphatic rings. The predicted octanol–water partition coefficient (Wildman–Crippen LogP) is 4.56. The molecule has 2 amide bonds. The summed E-state index contributed by atoms with van der Waals surface area (Å²) < 4.78 is 5.29. The second-order valence-electron chi connectivity index (χ2n) is 7.33. The molecule has 3 aromatic rings. The van der Waals surface area contributed by atoms with Crippen LogP contribution in [0.5, 0.6) is 0 Å². The summed E-state index contributed by atoms with van der Waals surface area (Å²) in [5, 5.41) is 3.88. The minimum Gasteiger partial charge on any atom is -0.423 e. The van der Waals surface area contributed by atoms with Crippen molar-refractivity contribution in [2.75, 3.05) is 11.9 Å². The van der Waals surface area contributed by atoms with Crippen LogP contribution in [0.3, 0.4) is 0 Å². The molecule has 6 heteroatoms. The van der Waals surface area contributed by atoms with Gasteiger partial charge in [0.1, 0.15) is 5.58 Å². The normalized spacial score (nSPS) is 16.9. The maximum Gasteiger partial charge on any atom is 0.336 e. The van der Waals surface area contributed by atoms with Crippen molar-refractivity contribution in [2.45, 2.75) is 39.2 Å². The molecule has 0 bridgehead atoms. The number of nitrogens with zero attached hydrogens (tertiary/aromatic N) is 2. The lowest BCUT2D eigenvalue weighted by Crippen LogP contribution is -2.41. The summed E-state index contributed by atoms with van der Waals surface area (Å²) in [5.74, 6) is 0. The summed E-state index contributed by atoms with van der Waals surface area (Å²) in [6, 6.07) is 8.98. The first-order valence-electron chi connectivity index (χ1n) is 9.55. The van der Waals surface area contributed by atoms with Gasteiger partial charge in [-0.15, -0.1) is 0 Å². The lowest BCUT2D eigenvalue weighted by molar-refractivity contribution is 0.163. The molecule has 0 unspecified atom stereocenters. The van der Waals surface area contributed by atoms with Crippen LogP contribution in [-0.2, 0) is 0 Å². The molecular weight excluding hydrogens is 354 g/mol. The topological polar surface area (TPSA) is 75.4 Å². The highest BCUT2D eigenvalue weighted by Gasteiger charge is 2.28. The van der Waals surface area contributed by atoms with Crippen molar-refractivity contribution in [3.8, 4) is 0 Å². The molecule has 0 saturated carbocycles. The molecule has 0 spiro atoms. The van der Waals surface area contributed by atoms with Crippen LogP contribution >= 0.6 is 0 Å². The molecule has 28 heavy (non-hydrogen) atoms. The quantitative estimate of drug-likeness (QED) is 0.664. The minimum atomic E-state index is -0.367. The van der Waals surface area contributed by atoms with Crippen LogP contribution in [0.4, 0.5) is 10.5 Å². The standard InChI is InChI=1S/C22H23N3O3/c1-14-11-21(26)28-20-10-15(2)18(12-17(14)20)24-22(27)25-9-4-3-7-19(25)16-6-5-8-23-13-16/h5-6,8,10-13,19H,3-4,7,9H2,1-2H3,(H,24,27)/t19-/m1/s1. The van der Waals surface area contributed by atoms with Gasteiger partial charge in [-0.3, -0.25) is 4.98 Å². The van der Waals surface area contributed by atoms with Crippen LogP contribution in [0, 0.1) is 13.8 Å². The van der Waals surface area contributed by atoms with E-state index < -0.39 is 0 Å². The Hall–Kier alpha value is -3.15. The molecule has 4 rings (SSSR count). The van der Waals surface area contributed by atoms with E-state index >= 15 is 0 Å². The average Bonchev–Trinajstić information content (AvgIpc) is 2.69. The summed E-state index contributed by atoms with van der Waals surface area (Å²) in [6.45, 7) is 4.47. The third-order valence-electron chi connectivity index (χ3n) is 5.37. The van der Waals surface area contributed by atoms with Gasteiger partial charge in [-0.1, -0.05) is 6.07 Å². The second kappa shape index (κ2) is 7.46. The number of pyridine rings is 1. The number of hydrogen-bond donors (Lipinski definition) is 1. The Labute approximate surface area is 163 Å². The summed E-state index contributed by atoms with van der Waals surface area (Å²) in [4.78, 5) is 30.8. The largest absolute Gasteiger partial charge is 0.423 e. The number of piperidine rings is 1. The molecule has 0 aliphatic carbocycles. The first-order chi connectivity index (χ1) is 13.5. The number of likely N-dealkylation sites (tertiary alicyclic amines) is 1. The molecule has 1 N–H and O–H groups in total. The minimum absolute atomic E-state index is 0.0305. The number of amides is 2. The zero-order valence-electron chi connectivity index (χ0n) is 16.1. The van der Waals surface area contributed by atoms with E-state index in [2.05, 4.69) is 10.3 Å². The van der Waals surface area contributed by atoms with E-state index in [1.165, 1.54) is 6.07 Å². The molecule has 144 valence electrons. The SMILES string of the molecule is Cc1cc2oc(=O)cc(C)c2cc1NC(=O)N1CCCC[C@@H]1c1cccnc1. The molecule has 0 radical (unpaired) electrons. The number of rotatable bonds is 2. The number of carbonyl (C=O) groups is 1. The highest BCUT2D eigenvalue weighted by molar-refractivity contribution is 5.94. The van der Waals surface area contributed by atoms with Crippen LogP contribution in [0.2, 0.25) is 0 Å². The molecule has 3 heterocycles. The number of nitrogens with one attached hydrogen (secondary N) is 1. The number of anilines is 1. The Morgan fingerprint density at radius 2 is 2.07 bits per heavy atom. The number of aryl methyl sites for hydroxylation is 2. The van der Waals surface area contributed by atoms with Crippen molar-refractivity contribution in [1.82, 2.24) is 9.88 Å². The maximum absolute atomic E-state index is 13.1. The molecule has 1 fully saturated rings. The smallest absolute Gasteiger partial charge is 0.336 e. The van der Waals surface area contributed by atoms with E-state index in [9.17, 15) is 9.59 Å². The number of fused-ring (bicyclic) bond motifs is 1.